The van der Waals surface area contributed by atoms with Crippen molar-refractivity contribution in [3.8, 4) is 17.1 Å². The van der Waals surface area contributed by atoms with Gasteiger partial charge in [-0.25, -0.2) is 0 Å². The fraction of sp³-hybridized carbons (Fsp3) is 0.0870. The van der Waals surface area contributed by atoms with E-state index in [2.05, 4.69) is 15.5 Å². The highest BCUT2D eigenvalue weighted by molar-refractivity contribution is 7.99. The molecular weight excluding hydrogens is 437 g/mol. The number of anilines is 1. The lowest BCUT2D eigenvalue weighted by Crippen LogP contribution is -2.15. The van der Waals surface area contributed by atoms with Gasteiger partial charge in [0.05, 0.1) is 11.3 Å². The molecule has 32 heavy (non-hydrogen) atoms. The number of halogens is 3. The van der Waals surface area contributed by atoms with Crippen LogP contribution in [0.1, 0.15) is 5.56 Å². The number of thioether (sulfide) groups is 1. The summed E-state index contributed by atoms with van der Waals surface area (Å²) >= 11 is 1.19. The molecule has 4 rings (SSSR count). The molecular formula is C23H17F3N4OS. The Morgan fingerprint density at radius 2 is 1.50 bits per heavy atom. The van der Waals surface area contributed by atoms with Gasteiger partial charge in [-0.2, -0.15) is 13.2 Å². The average Bonchev–Trinajstić information content (AvgIpc) is 3.23. The first-order chi connectivity index (χ1) is 15.4. The van der Waals surface area contributed by atoms with Gasteiger partial charge in [-0.3, -0.25) is 9.36 Å². The maximum absolute atomic E-state index is 12.7. The fourth-order valence-corrected chi connectivity index (χ4v) is 3.77. The van der Waals surface area contributed by atoms with Crippen molar-refractivity contribution in [2.75, 3.05) is 11.1 Å². The normalized spacial score (nSPS) is 11.3. The molecule has 0 saturated heterocycles. The van der Waals surface area contributed by atoms with Gasteiger partial charge < -0.3 is 5.32 Å². The smallest absolute Gasteiger partial charge is 0.325 e. The highest BCUT2D eigenvalue weighted by Crippen LogP contribution is 2.30. The highest BCUT2D eigenvalue weighted by atomic mass is 32.2. The minimum atomic E-state index is -4.42. The van der Waals surface area contributed by atoms with Gasteiger partial charge in [-0.05, 0) is 36.4 Å². The first-order valence-corrected chi connectivity index (χ1v) is 10.6. The van der Waals surface area contributed by atoms with Crippen LogP contribution in [0.2, 0.25) is 0 Å². The molecule has 0 aliphatic rings. The third-order valence-electron chi connectivity index (χ3n) is 4.51. The third-order valence-corrected chi connectivity index (χ3v) is 5.44. The molecule has 0 aliphatic heterocycles. The lowest BCUT2D eigenvalue weighted by molar-refractivity contribution is -0.137. The number of carbonyl (C=O) groups excluding carboxylic acids is 1. The van der Waals surface area contributed by atoms with Gasteiger partial charge in [0, 0.05) is 16.9 Å². The second-order valence-electron chi connectivity index (χ2n) is 6.76. The third kappa shape index (κ3) is 5.00. The second kappa shape index (κ2) is 9.27. The summed E-state index contributed by atoms with van der Waals surface area (Å²) in [6.45, 7) is 0. The van der Waals surface area contributed by atoms with Crippen LogP contribution in [0.3, 0.4) is 0 Å². The number of rotatable bonds is 6. The van der Waals surface area contributed by atoms with Crippen molar-refractivity contribution in [1.29, 1.82) is 0 Å². The van der Waals surface area contributed by atoms with Crippen LogP contribution in [0.4, 0.5) is 18.9 Å². The molecule has 0 radical (unpaired) electrons. The van der Waals surface area contributed by atoms with Gasteiger partial charge >= 0.3 is 6.18 Å². The van der Waals surface area contributed by atoms with Crippen LogP contribution >= 0.6 is 11.8 Å². The van der Waals surface area contributed by atoms with E-state index in [0.29, 0.717) is 11.0 Å². The van der Waals surface area contributed by atoms with Crippen LogP contribution in [-0.2, 0) is 11.0 Å². The van der Waals surface area contributed by atoms with E-state index >= 15 is 0 Å². The fourth-order valence-electron chi connectivity index (χ4n) is 3.02. The number of nitrogens with zero attached hydrogens (tertiary/aromatic N) is 3. The Balaban J connectivity index is 1.51. The quantitative estimate of drug-likeness (QED) is 0.381. The Bertz CT molecular complexity index is 1190. The molecule has 1 amide bonds. The Kier molecular flexibility index (Phi) is 6.27. The van der Waals surface area contributed by atoms with E-state index in [1.54, 1.807) is 0 Å². The van der Waals surface area contributed by atoms with Crippen molar-refractivity contribution < 1.29 is 18.0 Å². The highest BCUT2D eigenvalue weighted by Gasteiger charge is 2.30. The van der Waals surface area contributed by atoms with Crippen molar-refractivity contribution in [3.63, 3.8) is 0 Å². The van der Waals surface area contributed by atoms with Gasteiger partial charge in [-0.15, -0.1) is 10.2 Å². The summed E-state index contributed by atoms with van der Waals surface area (Å²) in [6, 6.07) is 23.4. The van der Waals surface area contributed by atoms with Crippen LogP contribution in [-0.4, -0.2) is 26.4 Å². The van der Waals surface area contributed by atoms with E-state index in [4.69, 9.17) is 0 Å². The summed E-state index contributed by atoms with van der Waals surface area (Å²) in [5, 5.41) is 11.7. The summed E-state index contributed by atoms with van der Waals surface area (Å²) < 4.78 is 39.9. The summed E-state index contributed by atoms with van der Waals surface area (Å²) in [5.41, 5.74) is 1.25. The maximum atomic E-state index is 12.7. The number of amides is 1. The van der Waals surface area contributed by atoms with E-state index in [1.807, 2.05) is 65.2 Å². The Hall–Kier alpha value is -3.59. The molecule has 9 heteroatoms. The van der Waals surface area contributed by atoms with Crippen molar-refractivity contribution in [1.82, 2.24) is 14.8 Å². The van der Waals surface area contributed by atoms with Gasteiger partial charge in [0.15, 0.2) is 11.0 Å². The van der Waals surface area contributed by atoms with Gasteiger partial charge in [0.2, 0.25) is 5.91 Å². The molecule has 1 heterocycles. The summed E-state index contributed by atoms with van der Waals surface area (Å²) in [7, 11) is 0. The van der Waals surface area contributed by atoms with Crippen LogP contribution in [0.15, 0.2) is 90.1 Å². The minimum Gasteiger partial charge on any atom is -0.325 e. The first kappa shape index (κ1) is 21.6. The average molecular weight is 454 g/mol. The topological polar surface area (TPSA) is 59.8 Å². The molecule has 0 fully saturated rings. The Morgan fingerprint density at radius 1 is 0.875 bits per heavy atom. The second-order valence-corrected chi connectivity index (χ2v) is 7.70. The van der Waals surface area contributed by atoms with Crippen molar-refractivity contribution >= 4 is 23.4 Å². The molecule has 1 aromatic heterocycles. The van der Waals surface area contributed by atoms with E-state index in [-0.39, 0.29) is 17.3 Å². The number of carbonyl (C=O) groups is 1. The molecule has 0 aliphatic carbocycles. The Morgan fingerprint density at radius 3 is 2.12 bits per heavy atom. The molecule has 4 aromatic rings. The standard InChI is InChI=1S/C23H17F3N4OS/c24-23(25,26)17-11-13-18(14-12-17)27-20(31)15-32-22-29-28-21(16-7-3-1-4-8-16)30(22)19-9-5-2-6-10-19/h1-14H,15H2,(H,27,31). The van der Waals surface area contributed by atoms with E-state index in [0.717, 1.165) is 23.4 Å². The van der Waals surface area contributed by atoms with E-state index < -0.39 is 11.7 Å². The molecule has 0 bridgehead atoms. The monoisotopic (exact) mass is 454 g/mol. The van der Waals surface area contributed by atoms with Crippen molar-refractivity contribution in [3.05, 3.63) is 90.5 Å². The number of benzene rings is 3. The molecule has 3 aromatic carbocycles. The van der Waals surface area contributed by atoms with Gasteiger partial charge in [0.1, 0.15) is 0 Å². The van der Waals surface area contributed by atoms with Gasteiger partial charge in [-0.1, -0.05) is 60.3 Å². The Labute approximate surface area is 186 Å². The van der Waals surface area contributed by atoms with Crippen LogP contribution in [0, 0.1) is 0 Å². The summed E-state index contributed by atoms with van der Waals surface area (Å²) in [5.74, 6) is 0.293. The predicted octanol–water partition coefficient (Wildman–Crippen LogP) is 5.68. The number of alkyl halides is 3. The zero-order chi connectivity index (χ0) is 22.6. The molecule has 0 saturated carbocycles. The zero-order valence-electron chi connectivity index (χ0n) is 16.6. The van der Waals surface area contributed by atoms with Crippen LogP contribution in [0.5, 0.6) is 0 Å². The summed E-state index contributed by atoms with van der Waals surface area (Å²) in [4.78, 5) is 12.4. The minimum absolute atomic E-state index is 0.0147. The van der Waals surface area contributed by atoms with Crippen LogP contribution < -0.4 is 5.32 Å². The molecule has 5 nitrogen and oxygen atoms in total. The number of aromatic nitrogens is 3. The lowest BCUT2D eigenvalue weighted by Gasteiger charge is -2.11. The SMILES string of the molecule is O=C(CSc1nnc(-c2ccccc2)n1-c1ccccc1)Nc1ccc(C(F)(F)F)cc1. The molecule has 0 atom stereocenters. The summed E-state index contributed by atoms with van der Waals surface area (Å²) in [6.07, 6.45) is -4.42. The van der Waals surface area contributed by atoms with Crippen molar-refractivity contribution in [2.24, 2.45) is 0 Å². The zero-order valence-corrected chi connectivity index (χ0v) is 17.4. The van der Waals surface area contributed by atoms with E-state index in [9.17, 15) is 18.0 Å². The molecule has 0 spiro atoms. The van der Waals surface area contributed by atoms with Crippen LogP contribution in [0.25, 0.3) is 17.1 Å². The van der Waals surface area contributed by atoms with Crippen molar-refractivity contribution in [2.45, 2.75) is 11.3 Å². The van der Waals surface area contributed by atoms with E-state index in [1.165, 1.54) is 23.9 Å². The number of nitrogens with one attached hydrogen (secondary N) is 1. The molecule has 0 unspecified atom stereocenters. The number of hydrogen-bond acceptors (Lipinski definition) is 4. The maximum Gasteiger partial charge on any atom is 0.416 e. The number of para-hydroxylation sites is 1. The first-order valence-electron chi connectivity index (χ1n) is 9.58. The molecule has 1 N–H and O–H groups in total. The largest absolute Gasteiger partial charge is 0.416 e. The number of hydrogen-bond donors (Lipinski definition) is 1. The molecule has 162 valence electrons. The van der Waals surface area contributed by atoms with Gasteiger partial charge in [0.25, 0.3) is 0 Å². The predicted molar refractivity (Wildman–Crippen MR) is 118 cm³/mol. The lowest BCUT2D eigenvalue weighted by atomic mass is 10.2.